The molecule has 0 fully saturated rings. The summed E-state index contributed by atoms with van der Waals surface area (Å²) in [6.07, 6.45) is 4.59. The van der Waals surface area contributed by atoms with Crippen molar-refractivity contribution >= 4 is 11.7 Å². The highest BCUT2D eigenvalue weighted by atomic mass is 16.3. The molecular formula is C20H16N2O5. The Balaban J connectivity index is 1.78. The molecule has 1 aliphatic heterocycles. The first kappa shape index (κ1) is 16.8. The number of Topliss-reactive ketones (excluding diaryl/α,β-unsaturated/α-hetero) is 1. The molecule has 0 aromatic carbocycles. The highest BCUT2D eigenvalue weighted by molar-refractivity contribution is 6.14. The zero-order valence-corrected chi connectivity index (χ0v) is 14.5. The number of furan rings is 2. The fourth-order valence-corrected chi connectivity index (χ4v) is 3.17. The quantitative estimate of drug-likeness (QED) is 0.697. The Kier molecular flexibility index (Phi) is 4.12. The van der Waals surface area contributed by atoms with Gasteiger partial charge in [-0.1, -0.05) is 0 Å². The third-order valence-corrected chi connectivity index (χ3v) is 4.43. The van der Waals surface area contributed by atoms with E-state index in [4.69, 9.17) is 8.83 Å². The van der Waals surface area contributed by atoms with E-state index in [0.29, 0.717) is 11.5 Å². The average molecular weight is 364 g/mol. The molecule has 1 unspecified atom stereocenters. The lowest BCUT2D eigenvalue weighted by atomic mass is 9.99. The van der Waals surface area contributed by atoms with E-state index in [9.17, 15) is 14.7 Å². The van der Waals surface area contributed by atoms with Crippen LogP contribution < -0.4 is 0 Å². The fraction of sp³-hybridized carbons (Fsp3) is 0.150. The Hall–Kier alpha value is -3.61. The minimum atomic E-state index is -0.850. The fourth-order valence-electron chi connectivity index (χ4n) is 3.17. The van der Waals surface area contributed by atoms with Crippen molar-refractivity contribution in [3.8, 4) is 0 Å². The van der Waals surface area contributed by atoms with E-state index in [-0.39, 0.29) is 17.9 Å². The van der Waals surface area contributed by atoms with Crippen molar-refractivity contribution in [3.63, 3.8) is 0 Å². The van der Waals surface area contributed by atoms with Gasteiger partial charge in [-0.05, 0) is 48.9 Å². The molecular weight excluding hydrogens is 348 g/mol. The number of carbonyl (C=O) groups is 2. The van der Waals surface area contributed by atoms with Gasteiger partial charge in [0.1, 0.15) is 17.6 Å². The summed E-state index contributed by atoms with van der Waals surface area (Å²) in [7, 11) is 0. The van der Waals surface area contributed by atoms with E-state index < -0.39 is 23.5 Å². The van der Waals surface area contributed by atoms with E-state index in [1.165, 1.54) is 17.2 Å². The van der Waals surface area contributed by atoms with Crippen LogP contribution in [0.25, 0.3) is 0 Å². The van der Waals surface area contributed by atoms with Gasteiger partial charge >= 0.3 is 0 Å². The van der Waals surface area contributed by atoms with E-state index in [1.54, 1.807) is 49.6 Å². The van der Waals surface area contributed by atoms with Gasteiger partial charge < -0.3 is 18.8 Å². The van der Waals surface area contributed by atoms with E-state index >= 15 is 0 Å². The smallest absolute Gasteiger partial charge is 0.290 e. The molecule has 3 aromatic rings. The number of aryl methyl sites for hydroxylation is 1. The zero-order valence-electron chi connectivity index (χ0n) is 14.5. The molecule has 1 amide bonds. The maximum absolute atomic E-state index is 12.9. The van der Waals surface area contributed by atoms with Crippen molar-refractivity contribution in [1.82, 2.24) is 9.88 Å². The number of rotatable bonds is 5. The molecule has 4 heterocycles. The van der Waals surface area contributed by atoms with Gasteiger partial charge in [-0.3, -0.25) is 14.6 Å². The van der Waals surface area contributed by atoms with Crippen molar-refractivity contribution in [2.45, 2.75) is 19.5 Å². The zero-order chi connectivity index (χ0) is 19.0. The average Bonchev–Trinajstić information content (AvgIpc) is 3.39. The lowest BCUT2D eigenvalue weighted by Crippen LogP contribution is -2.30. The molecule has 1 atom stereocenters. The molecule has 27 heavy (non-hydrogen) atoms. The Morgan fingerprint density at radius 1 is 1.22 bits per heavy atom. The molecule has 136 valence electrons. The lowest BCUT2D eigenvalue weighted by molar-refractivity contribution is -0.130. The van der Waals surface area contributed by atoms with E-state index in [2.05, 4.69) is 4.98 Å². The maximum atomic E-state index is 12.9. The standard InChI is InChI=1S/C20H16N2O5/c1-12-4-5-14(27-12)17-16(18(23)15-3-2-10-26-15)19(24)20(25)22(17)11-13-6-8-21-9-7-13/h2-10,17,24H,11H2,1H3. The summed E-state index contributed by atoms with van der Waals surface area (Å²) in [6.45, 7) is 1.95. The molecule has 0 bridgehead atoms. The number of carbonyl (C=O) groups excluding carboxylic acids is 2. The predicted octanol–water partition coefficient (Wildman–Crippen LogP) is 3.35. The Bertz CT molecular complexity index is 1020. The van der Waals surface area contributed by atoms with Crippen LogP contribution >= 0.6 is 0 Å². The van der Waals surface area contributed by atoms with Crippen LogP contribution in [0.2, 0.25) is 0 Å². The number of pyridine rings is 1. The monoisotopic (exact) mass is 364 g/mol. The Labute approximate surface area is 154 Å². The highest BCUT2D eigenvalue weighted by Crippen LogP contribution is 2.40. The second-order valence-corrected chi connectivity index (χ2v) is 6.21. The summed E-state index contributed by atoms with van der Waals surface area (Å²) < 4.78 is 10.9. The first-order valence-electron chi connectivity index (χ1n) is 8.34. The second-order valence-electron chi connectivity index (χ2n) is 6.21. The molecule has 7 heteroatoms. The van der Waals surface area contributed by atoms with Crippen LogP contribution in [-0.2, 0) is 11.3 Å². The number of ketones is 1. The normalized spacial score (nSPS) is 17.0. The maximum Gasteiger partial charge on any atom is 0.290 e. The van der Waals surface area contributed by atoms with Crippen LogP contribution in [0, 0.1) is 6.92 Å². The summed E-state index contributed by atoms with van der Waals surface area (Å²) in [6, 6.07) is 9.18. The van der Waals surface area contributed by atoms with Crippen molar-refractivity contribution in [2.24, 2.45) is 0 Å². The van der Waals surface area contributed by atoms with E-state index in [0.717, 1.165) is 5.56 Å². The van der Waals surface area contributed by atoms with Crippen LogP contribution in [0.1, 0.15) is 33.7 Å². The number of aromatic nitrogens is 1. The molecule has 1 aliphatic rings. The van der Waals surface area contributed by atoms with Gasteiger partial charge in [0.05, 0.1) is 11.8 Å². The van der Waals surface area contributed by atoms with Gasteiger partial charge in [-0.25, -0.2) is 0 Å². The molecule has 4 rings (SSSR count). The second kappa shape index (κ2) is 6.60. The highest BCUT2D eigenvalue weighted by Gasteiger charge is 2.45. The predicted molar refractivity (Wildman–Crippen MR) is 93.7 cm³/mol. The van der Waals surface area contributed by atoms with Gasteiger partial charge in [-0.2, -0.15) is 0 Å². The molecule has 7 nitrogen and oxygen atoms in total. The van der Waals surface area contributed by atoms with Gasteiger partial charge in [0.25, 0.3) is 5.91 Å². The SMILES string of the molecule is Cc1ccc(C2C(C(=O)c3ccco3)=C(O)C(=O)N2Cc2ccncc2)o1. The summed E-state index contributed by atoms with van der Waals surface area (Å²) >= 11 is 0. The molecule has 0 saturated carbocycles. The number of amides is 1. The first-order valence-corrected chi connectivity index (χ1v) is 8.34. The van der Waals surface area contributed by atoms with Crippen LogP contribution in [0.3, 0.4) is 0 Å². The first-order chi connectivity index (χ1) is 13.1. The van der Waals surface area contributed by atoms with Crippen LogP contribution in [0.5, 0.6) is 0 Å². The summed E-state index contributed by atoms with van der Waals surface area (Å²) in [5.41, 5.74) is 0.754. The third-order valence-electron chi connectivity index (χ3n) is 4.43. The summed E-state index contributed by atoms with van der Waals surface area (Å²) in [5.74, 6) is -0.706. The van der Waals surface area contributed by atoms with Crippen LogP contribution in [-0.4, -0.2) is 26.7 Å². The number of hydrogen-bond acceptors (Lipinski definition) is 6. The van der Waals surface area contributed by atoms with Crippen LogP contribution in [0.4, 0.5) is 0 Å². The Morgan fingerprint density at radius 2 is 2.00 bits per heavy atom. The molecule has 1 N–H and O–H groups in total. The summed E-state index contributed by atoms with van der Waals surface area (Å²) in [4.78, 5) is 31.0. The van der Waals surface area contributed by atoms with Gasteiger partial charge in [0, 0.05) is 18.9 Å². The minimum Gasteiger partial charge on any atom is -0.503 e. The molecule has 0 saturated heterocycles. The van der Waals surface area contributed by atoms with Crippen molar-refractivity contribution < 1.29 is 23.5 Å². The number of aliphatic hydroxyl groups excluding tert-OH is 1. The third kappa shape index (κ3) is 2.93. The van der Waals surface area contributed by atoms with Crippen molar-refractivity contribution in [3.05, 3.63) is 89.2 Å². The van der Waals surface area contributed by atoms with Crippen molar-refractivity contribution in [1.29, 1.82) is 0 Å². The van der Waals surface area contributed by atoms with Gasteiger partial charge in [0.15, 0.2) is 11.5 Å². The largest absolute Gasteiger partial charge is 0.503 e. The van der Waals surface area contributed by atoms with Crippen molar-refractivity contribution in [2.75, 3.05) is 0 Å². The molecule has 3 aromatic heterocycles. The molecule has 0 aliphatic carbocycles. The summed E-state index contributed by atoms with van der Waals surface area (Å²) in [5, 5.41) is 10.5. The number of aliphatic hydroxyl groups is 1. The Morgan fingerprint density at radius 3 is 2.63 bits per heavy atom. The van der Waals surface area contributed by atoms with Crippen LogP contribution in [0.15, 0.2) is 75.2 Å². The molecule has 0 spiro atoms. The molecule has 0 radical (unpaired) electrons. The van der Waals surface area contributed by atoms with Gasteiger partial charge in [-0.15, -0.1) is 0 Å². The lowest BCUT2D eigenvalue weighted by Gasteiger charge is -2.24. The topological polar surface area (TPSA) is 96.8 Å². The minimum absolute atomic E-state index is 0.0448. The number of hydrogen-bond donors (Lipinski definition) is 1. The van der Waals surface area contributed by atoms with Gasteiger partial charge in [0.2, 0.25) is 5.78 Å². The van der Waals surface area contributed by atoms with E-state index in [1.807, 2.05) is 0 Å². The number of nitrogens with zero attached hydrogens (tertiary/aromatic N) is 2.